The van der Waals surface area contributed by atoms with Gasteiger partial charge in [-0.3, -0.25) is 0 Å². The molecule has 1 heterocycles. The summed E-state index contributed by atoms with van der Waals surface area (Å²) in [5, 5.41) is 4.81. The van der Waals surface area contributed by atoms with Crippen molar-refractivity contribution < 1.29 is 28.5 Å². The van der Waals surface area contributed by atoms with Gasteiger partial charge in [0.1, 0.15) is 12.2 Å². The van der Waals surface area contributed by atoms with E-state index in [0.717, 1.165) is 17.9 Å². The zero-order chi connectivity index (χ0) is 19.0. The van der Waals surface area contributed by atoms with Crippen LogP contribution in [0.4, 0.5) is 11.4 Å². The van der Waals surface area contributed by atoms with E-state index in [1.165, 1.54) is 42.1 Å². The van der Waals surface area contributed by atoms with Gasteiger partial charge in [-0.15, -0.1) is 0 Å². The molecule has 1 N–H and O–H groups in total. The molecule has 1 aromatic heterocycles. The van der Waals surface area contributed by atoms with Crippen LogP contribution in [0.15, 0.2) is 97.2 Å². The lowest BCUT2D eigenvalue weighted by atomic mass is 10.1. The summed E-state index contributed by atoms with van der Waals surface area (Å²) in [6.07, 6.45) is 7.09. The number of nitrogens with zero attached hydrogens (tertiary/aromatic N) is 1. The van der Waals surface area contributed by atoms with E-state index in [2.05, 4.69) is 101 Å². The van der Waals surface area contributed by atoms with E-state index < -0.39 is 0 Å². The summed E-state index contributed by atoms with van der Waals surface area (Å²) < 4.78 is 2.39. The third-order valence-corrected chi connectivity index (χ3v) is 5.12. The number of hydrogen-bond acceptors (Lipinski definition) is 1. The first kappa shape index (κ1) is 21.3. The van der Waals surface area contributed by atoms with E-state index in [0.29, 0.717) is 0 Å². The number of benzene rings is 3. The number of nitrogens with one attached hydrogen (secondary N) is 1. The first-order chi connectivity index (χ1) is 13.9. The summed E-state index contributed by atoms with van der Waals surface area (Å²) in [5.74, 6) is 0. The van der Waals surface area contributed by atoms with Crippen molar-refractivity contribution in [2.24, 2.45) is 0 Å². The fourth-order valence-corrected chi connectivity index (χ4v) is 3.69. The molecule has 0 saturated heterocycles. The number of aryl methyl sites for hydroxylation is 2. The molecule has 148 valence electrons. The maximum absolute atomic E-state index is 3.54. The molecule has 0 aliphatic rings. The van der Waals surface area contributed by atoms with Crippen LogP contribution in [0.3, 0.4) is 0 Å². The first-order valence-electron chi connectivity index (χ1n) is 10.2. The Bertz CT molecular complexity index is 1020. The van der Waals surface area contributed by atoms with Crippen molar-refractivity contribution >= 4 is 22.3 Å². The van der Waals surface area contributed by atoms with Crippen LogP contribution in [0.1, 0.15) is 24.8 Å². The number of hydrogen-bond donors (Lipinski definition) is 1. The number of unbranched alkanes of at least 4 members (excludes halogenated alkanes) is 2. The Morgan fingerprint density at radius 3 is 2.14 bits per heavy atom. The van der Waals surface area contributed by atoms with Gasteiger partial charge in [-0.05, 0) is 49.1 Å². The van der Waals surface area contributed by atoms with Gasteiger partial charge in [0, 0.05) is 23.6 Å². The van der Waals surface area contributed by atoms with E-state index in [-0.39, 0.29) is 24.0 Å². The fourth-order valence-electron chi connectivity index (χ4n) is 3.69. The second-order valence-electron chi connectivity index (χ2n) is 7.27. The third-order valence-electron chi connectivity index (χ3n) is 5.12. The van der Waals surface area contributed by atoms with Crippen molar-refractivity contribution in [1.29, 1.82) is 0 Å². The highest BCUT2D eigenvalue weighted by Crippen LogP contribution is 2.19. The van der Waals surface area contributed by atoms with E-state index in [1.54, 1.807) is 0 Å². The molecule has 0 aliphatic heterocycles. The molecule has 0 aliphatic carbocycles. The summed E-state index contributed by atoms with van der Waals surface area (Å²) in [6.45, 7) is 1.04. The van der Waals surface area contributed by atoms with Crippen LogP contribution in [0.5, 0.6) is 0 Å². The Balaban J connectivity index is 0.00000240. The van der Waals surface area contributed by atoms with Gasteiger partial charge >= 0.3 is 0 Å². The number of para-hydroxylation sites is 2. The molecule has 0 spiro atoms. The van der Waals surface area contributed by atoms with Crippen molar-refractivity contribution in [2.75, 3.05) is 5.32 Å². The normalized spacial score (nSPS) is 10.5. The average Bonchev–Trinajstić information content (AvgIpc) is 2.75. The molecule has 2 nitrogen and oxygen atoms in total. The summed E-state index contributed by atoms with van der Waals surface area (Å²) in [5.41, 5.74) is 4.99. The highest BCUT2D eigenvalue weighted by atomic mass is 127. The van der Waals surface area contributed by atoms with Gasteiger partial charge in [0.15, 0.2) is 6.20 Å². The van der Waals surface area contributed by atoms with Gasteiger partial charge in [-0.2, -0.15) is 4.57 Å². The Morgan fingerprint density at radius 2 is 1.34 bits per heavy atom. The topological polar surface area (TPSA) is 15.9 Å². The Morgan fingerprint density at radius 1 is 0.655 bits per heavy atom. The van der Waals surface area contributed by atoms with Crippen LogP contribution in [-0.4, -0.2) is 0 Å². The number of halogens is 1. The van der Waals surface area contributed by atoms with E-state index in [1.807, 2.05) is 6.07 Å². The summed E-state index contributed by atoms with van der Waals surface area (Å²) in [4.78, 5) is 0. The minimum atomic E-state index is 0. The highest BCUT2D eigenvalue weighted by Gasteiger charge is 2.11. The lowest BCUT2D eigenvalue weighted by Crippen LogP contribution is -3.00. The number of pyridine rings is 1. The molecule has 0 radical (unpaired) electrons. The predicted molar refractivity (Wildman–Crippen MR) is 118 cm³/mol. The van der Waals surface area contributed by atoms with Crippen molar-refractivity contribution in [1.82, 2.24) is 0 Å². The summed E-state index contributed by atoms with van der Waals surface area (Å²) >= 11 is 0. The molecule has 0 amide bonds. The van der Waals surface area contributed by atoms with Crippen LogP contribution in [0.25, 0.3) is 10.9 Å². The molecular weight excluding hydrogens is 467 g/mol. The zero-order valence-electron chi connectivity index (χ0n) is 16.6. The molecule has 0 saturated carbocycles. The highest BCUT2D eigenvalue weighted by molar-refractivity contribution is 5.79. The van der Waals surface area contributed by atoms with Gasteiger partial charge in [0.2, 0.25) is 5.52 Å². The fraction of sp³-hybridized carbons (Fsp3) is 0.192. The van der Waals surface area contributed by atoms with Crippen molar-refractivity contribution in [3.05, 3.63) is 103 Å². The summed E-state index contributed by atoms with van der Waals surface area (Å²) in [6, 6.07) is 32.0. The standard InChI is InChI=1S/C26H27N2.HI/c1-4-12-22(13-5-1)14-6-3-11-19-28-21-25(27-24-16-7-2-8-17-24)20-23-15-9-10-18-26(23)28;/h1-2,4-5,7-10,12-13,15-18,20-21,27H,3,6,11,14,19H2;1H/q+1;/p-1. The third kappa shape index (κ3) is 6.04. The lowest BCUT2D eigenvalue weighted by Gasteiger charge is -2.08. The van der Waals surface area contributed by atoms with Crippen LogP contribution in [0, 0.1) is 0 Å². The Kier molecular flexibility index (Phi) is 8.05. The SMILES string of the molecule is [I-].c1ccc(CCCCC[n+]2cc(Nc3ccccc3)cc3ccccc32)cc1. The monoisotopic (exact) mass is 494 g/mol. The quantitative estimate of drug-likeness (QED) is 0.226. The maximum atomic E-state index is 3.54. The van der Waals surface area contributed by atoms with Gasteiger partial charge in [0.25, 0.3) is 0 Å². The molecular formula is C26H27IN2. The molecule has 29 heavy (non-hydrogen) atoms. The molecule has 0 fully saturated rings. The van der Waals surface area contributed by atoms with E-state index >= 15 is 0 Å². The van der Waals surface area contributed by atoms with Crippen molar-refractivity contribution in [3.63, 3.8) is 0 Å². The number of aromatic nitrogens is 1. The average molecular weight is 494 g/mol. The number of fused-ring (bicyclic) bond motifs is 1. The maximum Gasteiger partial charge on any atom is 0.212 e. The smallest absolute Gasteiger partial charge is 0.212 e. The molecule has 4 rings (SSSR count). The van der Waals surface area contributed by atoms with Crippen molar-refractivity contribution in [3.8, 4) is 0 Å². The number of anilines is 2. The second kappa shape index (κ2) is 11.0. The molecule has 0 bridgehead atoms. The Hall–Kier alpha value is -2.40. The van der Waals surface area contributed by atoms with Crippen LogP contribution in [-0.2, 0) is 13.0 Å². The molecule has 3 heteroatoms. The lowest BCUT2D eigenvalue weighted by molar-refractivity contribution is -0.671. The second-order valence-corrected chi connectivity index (χ2v) is 7.27. The predicted octanol–water partition coefficient (Wildman–Crippen LogP) is 3.29. The number of rotatable bonds is 8. The van der Waals surface area contributed by atoms with Crippen LogP contribution >= 0.6 is 0 Å². The minimum Gasteiger partial charge on any atom is -1.00 e. The molecule has 0 unspecified atom stereocenters. The molecule has 3 aromatic carbocycles. The van der Waals surface area contributed by atoms with Crippen LogP contribution in [0.2, 0.25) is 0 Å². The zero-order valence-corrected chi connectivity index (χ0v) is 18.8. The molecule has 4 aromatic rings. The van der Waals surface area contributed by atoms with Crippen molar-refractivity contribution in [2.45, 2.75) is 32.2 Å². The molecule has 0 atom stereocenters. The van der Waals surface area contributed by atoms with Crippen LogP contribution < -0.4 is 33.9 Å². The van der Waals surface area contributed by atoms with E-state index in [9.17, 15) is 0 Å². The Labute approximate surface area is 190 Å². The van der Waals surface area contributed by atoms with Gasteiger partial charge < -0.3 is 29.3 Å². The van der Waals surface area contributed by atoms with Gasteiger partial charge in [-0.25, -0.2) is 0 Å². The first-order valence-corrected chi connectivity index (χ1v) is 10.2. The largest absolute Gasteiger partial charge is 1.00 e. The van der Waals surface area contributed by atoms with E-state index in [4.69, 9.17) is 0 Å². The van der Waals surface area contributed by atoms with Gasteiger partial charge in [-0.1, -0.05) is 60.7 Å². The summed E-state index contributed by atoms with van der Waals surface area (Å²) in [7, 11) is 0. The minimum absolute atomic E-state index is 0. The van der Waals surface area contributed by atoms with Gasteiger partial charge in [0.05, 0.1) is 0 Å².